The lowest BCUT2D eigenvalue weighted by Gasteiger charge is -2.47. The first kappa shape index (κ1) is 32.4. The van der Waals surface area contributed by atoms with Crippen LogP contribution in [0.15, 0.2) is 36.5 Å². The highest BCUT2D eigenvalue weighted by Gasteiger charge is 2.50. The molecule has 1 aliphatic heterocycles. The standard InChI is InChI=1S/C28H27F6N5O5/c1-3-26(35)18(12-20-21(39(26)25(42)43)5-6-22(37-20)44-2)24-36-13-15(4-7-23(40)41)19(38-24)10-14-8-16(27(29,30)31)11-17(9-14)28(32,33)34/h5-6,8-9,11,13,18H,3-4,7,10,12,35H2,1-2H3,(H,40,41)(H,42,43). The van der Waals surface area contributed by atoms with E-state index in [4.69, 9.17) is 10.5 Å². The monoisotopic (exact) mass is 627 g/mol. The Bertz CT molecular complexity index is 1550. The Hall–Kier alpha value is -4.47. The van der Waals surface area contributed by atoms with E-state index >= 15 is 0 Å². The summed E-state index contributed by atoms with van der Waals surface area (Å²) in [6.07, 6.45) is -11.4. The molecule has 44 heavy (non-hydrogen) atoms. The number of halogens is 6. The number of aliphatic carboxylic acids is 1. The van der Waals surface area contributed by atoms with Crippen molar-refractivity contribution < 1.29 is 50.9 Å². The van der Waals surface area contributed by atoms with Crippen LogP contribution in [0, 0.1) is 0 Å². The number of methoxy groups -OCH3 is 1. The zero-order valence-corrected chi connectivity index (χ0v) is 23.3. The molecule has 236 valence electrons. The van der Waals surface area contributed by atoms with Gasteiger partial charge in [-0.05, 0) is 48.2 Å². The molecular formula is C28H27F6N5O5. The van der Waals surface area contributed by atoms with Gasteiger partial charge < -0.3 is 20.7 Å². The van der Waals surface area contributed by atoms with Crippen molar-refractivity contribution in [3.63, 3.8) is 0 Å². The summed E-state index contributed by atoms with van der Waals surface area (Å²) in [5.74, 6) is -2.04. The maximum atomic E-state index is 13.5. The smallest absolute Gasteiger partial charge is 0.416 e. The second kappa shape index (κ2) is 11.9. The van der Waals surface area contributed by atoms with Gasteiger partial charge >= 0.3 is 24.4 Å². The maximum absolute atomic E-state index is 13.5. The molecular weight excluding hydrogens is 600 g/mol. The number of hydrogen-bond donors (Lipinski definition) is 3. The molecule has 3 aromatic rings. The van der Waals surface area contributed by atoms with E-state index in [9.17, 15) is 46.1 Å². The first-order valence-electron chi connectivity index (χ1n) is 13.2. The lowest BCUT2D eigenvalue weighted by atomic mass is 9.80. The van der Waals surface area contributed by atoms with Gasteiger partial charge in [0.15, 0.2) is 0 Å². The molecule has 1 aromatic carbocycles. The summed E-state index contributed by atoms with van der Waals surface area (Å²) in [5.41, 5.74) is 2.27. The fraction of sp³-hybridized carbons (Fsp3) is 0.393. The van der Waals surface area contributed by atoms with Crippen LogP contribution in [-0.2, 0) is 36.4 Å². The third kappa shape index (κ3) is 6.54. The van der Waals surface area contributed by atoms with Gasteiger partial charge in [-0.2, -0.15) is 26.3 Å². The second-order valence-electron chi connectivity index (χ2n) is 10.2. The molecule has 4 N–H and O–H groups in total. The Morgan fingerprint density at radius 3 is 2.23 bits per heavy atom. The molecule has 10 nitrogen and oxygen atoms in total. The third-order valence-corrected chi connectivity index (χ3v) is 7.46. The van der Waals surface area contributed by atoms with E-state index in [1.807, 2.05) is 0 Å². The maximum Gasteiger partial charge on any atom is 0.416 e. The predicted molar refractivity (Wildman–Crippen MR) is 142 cm³/mol. The van der Waals surface area contributed by atoms with Crippen LogP contribution < -0.4 is 15.4 Å². The van der Waals surface area contributed by atoms with Crippen molar-refractivity contribution in [2.75, 3.05) is 12.0 Å². The summed E-state index contributed by atoms with van der Waals surface area (Å²) in [6, 6.07) is 4.08. The molecule has 2 aromatic heterocycles. The highest BCUT2D eigenvalue weighted by molar-refractivity contribution is 5.89. The van der Waals surface area contributed by atoms with E-state index in [1.54, 1.807) is 6.92 Å². The zero-order chi connectivity index (χ0) is 32.6. The van der Waals surface area contributed by atoms with Crippen LogP contribution in [0.3, 0.4) is 0 Å². The van der Waals surface area contributed by atoms with Crippen molar-refractivity contribution in [2.24, 2.45) is 5.73 Å². The van der Waals surface area contributed by atoms with E-state index in [-0.39, 0.29) is 65.2 Å². The average Bonchev–Trinajstić information content (AvgIpc) is 2.94. The summed E-state index contributed by atoms with van der Waals surface area (Å²) >= 11 is 0. The van der Waals surface area contributed by atoms with Crippen molar-refractivity contribution in [1.82, 2.24) is 15.0 Å². The van der Waals surface area contributed by atoms with E-state index in [0.29, 0.717) is 12.1 Å². The van der Waals surface area contributed by atoms with E-state index in [0.717, 1.165) is 4.90 Å². The average molecular weight is 628 g/mol. The molecule has 2 unspecified atom stereocenters. The molecule has 1 aliphatic rings. The van der Waals surface area contributed by atoms with Crippen LogP contribution in [0.25, 0.3) is 0 Å². The molecule has 3 heterocycles. The number of pyridine rings is 1. The number of carboxylic acids is 1. The van der Waals surface area contributed by atoms with Gasteiger partial charge in [-0.15, -0.1) is 0 Å². The molecule has 0 saturated heterocycles. The SMILES string of the molecule is CCC1(N)C(c2ncc(CCC(=O)O)c(Cc3cc(C(F)(F)F)cc(C(F)(F)F)c3)n2)Cc2nc(OC)ccc2N1C(=O)O. The van der Waals surface area contributed by atoms with E-state index in [1.165, 1.54) is 25.4 Å². The Morgan fingerprint density at radius 2 is 1.70 bits per heavy atom. The number of benzene rings is 1. The molecule has 0 saturated carbocycles. The van der Waals surface area contributed by atoms with E-state index < -0.39 is 60.0 Å². The lowest BCUT2D eigenvalue weighted by Crippen LogP contribution is -2.64. The summed E-state index contributed by atoms with van der Waals surface area (Å²) < 4.78 is 86.4. The number of rotatable bonds is 8. The molecule has 0 fully saturated rings. The number of aromatic nitrogens is 3. The molecule has 2 atom stereocenters. The van der Waals surface area contributed by atoms with Gasteiger partial charge in [-0.25, -0.2) is 19.7 Å². The fourth-order valence-corrected chi connectivity index (χ4v) is 5.24. The van der Waals surface area contributed by atoms with Gasteiger partial charge in [0, 0.05) is 31.5 Å². The fourth-order valence-electron chi connectivity index (χ4n) is 5.24. The van der Waals surface area contributed by atoms with Crippen LogP contribution in [0.4, 0.5) is 36.8 Å². The summed E-state index contributed by atoms with van der Waals surface area (Å²) in [7, 11) is 1.37. The first-order valence-corrected chi connectivity index (χ1v) is 13.2. The van der Waals surface area contributed by atoms with Crippen LogP contribution >= 0.6 is 0 Å². The van der Waals surface area contributed by atoms with Crippen LogP contribution in [-0.4, -0.2) is 50.0 Å². The zero-order valence-electron chi connectivity index (χ0n) is 23.3. The summed E-state index contributed by atoms with van der Waals surface area (Å²) in [4.78, 5) is 37.8. The number of nitrogens with two attached hydrogens (primary N) is 1. The number of carbonyl (C=O) groups is 2. The van der Waals surface area contributed by atoms with Crippen LogP contribution in [0.1, 0.15) is 65.1 Å². The number of nitrogens with zero attached hydrogens (tertiary/aromatic N) is 4. The predicted octanol–water partition coefficient (Wildman–Crippen LogP) is 5.42. The molecule has 0 radical (unpaired) electrons. The van der Waals surface area contributed by atoms with Gasteiger partial charge in [0.1, 0.15) is 11.5 Å². The normalized spacial score (nSPS) is 18.6. The van der Waals surface area contributed by atoms with Crippen molar-refractivity contribution in [3.05, 3.63) is 76.0 Å². The number of hydrogen-bond acceptors (Lipinski definition) is 7. The first-order chi connectivity index (χ1) is 20.5. The number of amides is 1. The van der Waals surface area contributed by atoms with Crippen molar-refractivity contribution in [3.8, 4) is 5.88 Å². The summed E-state index contributed by atoms with van der Waals surface area (Å²) in [5, 5.41) is 19.3. The minimum atomic E-state index is -5.08. The van der Waals surface area contributed by atoms with Gasteiger partial charge in [0.25, 0.3) is 0 Å². The van der Waals surface area contributed by atoms with E-state index in [2.05, 4.69) is 15.0 Å². The van der Waals surface area contributed by atoms with Crippen LogP contribution in [0.5, 0.6) is 5.88 Å². The van der Waals surface area contributed by atoms with Crippen LogP contribution in [0.2, 0.25) is 0 Å². The Balaban J connectivity index is 1.87. The van der Waals surface area contributed by atoms with Gasteiger partial charge in [0.05, 0.1) is 41.2 Å². The Kier molecular flexibility index (Phi) is 8.77. The molecule has 0 aliphatic carbocycles. The topological polar surface area (TPSA) is 152 Å². The second-order valence-corrected chi connectivity index (χ2v) is 10.2. The number of alkyl halides is 6. The molecule has 16 heteroatoms. The number of anilines is 1. The third-order valence-electron chi connectivity index (χ3n) is 7.46. The van der Waals surface area contributed by atoms with Crippen molar-refractivity contribution in [1.29, 1.82) is 0 Å². The van der Waals surface area contributed by atoms with Gasteiger partial charge in [-0.3, -0.25) is 9.69 Å². The van der Waals surface area contributed by atoms with Gasteiger partial charge in [-0.1, -0.05) is 6.92 Å². The minimum absolute atomic E-state index is 0.00546. The van der Waals surface area contributed by atoms with Crippen molar-refractivity contribution >= 4 is 17.7 Å². The van der Waals surface area contributed by atoms with Gasteiger partial charge in [0.2, 0.25) is 5.88 Å². The Labute approximate surface area is 246 Å². The lowest BCUT2D eigenvalue weighted by molar-refractivity contribution is -0.143. The molecule has 4 rings (SSSR count). The summed E-state index contributed by atoms with van der Waals surface area (Å²) in [6.45, 7) is 1.63. The number of aryl methyl sites for hydroxylation is 1. The highest BCUT2D eigenvalue weighted by Crippen LogP contribution is 2.44. The Morgan fingerprint density at radius 1 is 1.07 bits per heavy atom. The quantitative estimate of drug-likeness (QED) is 0.278. The van der Waals surface area contributed by atoms with Crippen molar-refractivity contribution in [2.45, 2.75) is 63.0 Å². The number of carboxylic acid groups (broad SMARTS) is 2. The minimum Gasteiger partial charge on any atom is -0.481 e. The highest BCUT2D eigenvalue weighted by atomic mass is 19.4. The molecule has 1 amide bonds. The molecule has 0 spiro atoms. The number of fused-ring (bicyclic) bond motifs is 1. The largest absolute Gasteiger partial charge is 0.481 e. The number of ether oxygens (including phenoxy) is 1. The molecule has 0 bridgehead atoms.